The van der Waals surface area contributed by atoms with Gasteiger partial charge >= 0.3 is 5.97 Å². The molecule has 2 rings (SSSR count). The fourth-order valence-corrected chi connectivity index (χ4v) is 3.07. The van der Waals surface area contributed by atoms with Gasteiger partial charge in [-0.3, -0.25) is 4.79 Å². The van der Waals surface area contributed by atoms with Crippen molar-refractivity contribution in [3.8, 4) is 0 Å². The molecule has 0 radical (unpaired) electrons. The Labute approximate surface area is 129 Å². The van der Waals surface area contributed by atoms with Crippen LogP contribution in [-0.4, -0.2) is 74.7 Å². The number of esters is 1. The number of carbonyl (C=O) groups excluding carboxylic acids is 1. The van der Waals surface area contributed by atoms with Crippen LogP contribution >= 0.6 is 0 Å². The maximum atomic E-state index is 11.8. The van der Waals surface area contributed by atoms with E-state index in [0.717, 1.165) is 25.3 Å². The lowest BCUT2D eigenvalue weighted by molar-refractivity contribution is -0.148. The van der Waals surface area contributed by atoms with Crippen LogP contribution < -0.4 is 5.32 Å². The first-order valence-electron chi connectivity index (χ1n) is 8.29. The van der Waals surface area contributed by atoms with E-state index in [-0.39, 0.29) is 5.97 Å². The van der Waals surface area contributed by atoms with Gasteiger partial charge in [-0.05, 0) is 52.1 Å². The normalized spacial score (nSPS) is 23.8. The monoisotopic (exact) mass is 297 g/mol. The molecule has 0 amide bonds. The van der Waals surface area contributed by atoms with Crippen molar-refractivity contribution in [3.05, 3.63) is 0 Å². The summed E-state index contributed by atoms with van der Waals surface area (Å²) in [5.41, 5.74) is -0.553. The first kappa shape index (κ1) is 16.7. The second-order valence-electron chi connectivity index (χ2n) is 6.76. The van der Waals surface area contributed by atoms with Gasteiger partial charge in [-0.1, -0.05) is 0 Å². The van der Waals surface area contributed by atoms with E-state index in [9.17, 15) is 4.79 Å². The Morgan fingerprint density at radius 3 is 2.38 bits per heavy atom. The van der Waals surface area contributed by atoms with Gasteiger partial charge in [0.1, 0.15) is 5.54 Å². The molecule has 122 valence electrons. The third-order valence-corrected chi connectivity index (χ3v) is 5.02. The first-order valence-corrected chi connectivity index (χ1v) is 8.29. The lowest BCUT2D eigenvalue weighted by Gasteiger charge is -2.35. The molecular weight excluding hydrogens is 266 g/mol. The first-order chi connectivity index (χ1) is 10.1. The van der Waals surface area contributed by atoms with E-state index in [1.807, 2.05) is 14.0 Å². The third-order valence-electron chi connectivity index (χ3n) is 5.02. The van der Waals surface area contributed by atoms with Crippen molar-refractivity contribution in [1.82, 2.24) is 15.1 Å². The van der Waals surface area contributed by atoms with Crippen LogP contribution in [-0.2, 0) is 9.53 Å². The Balaban J connectivity index is 1.63. The van der Waals surface area contributed by atoms with Crippen LogP contribution in [0.2, 0.25) is 0 Å². The van der Waals surface area contributed by atoms with Crippen LogP contribution in [0, 0.1) is 5.92 Å². The fourth-order valence-electron chi connectivity index (χ4n) is 3.07. The van der Waals surface area contributed by atoms with Crippen molar-refractivity contribution in [1.29, 1.82) is 0 Å². The zero-order chi connectivity index (χ0) is 15.3. The van der Waals surface area contributed by atoms with Gasteiger partial charge in [0, 0.05) is 32.7 Å². The van der Waals surface area contributed by atoms with Crippen LogP contribution in [0.15, 0.2) is 0 Å². The molecule has 2 fully saturated rings. The van der Waals surface area contributed by atoms with Crippen LogP contribution in [0.3, 0.4) is 0 Å². The Hall–Kier alpha value is -0.650. The van der Waals surface area contributed by atoms with Crippen molar-refractivity contribution in [3.63, 3.8) is 0 Å². The molecule has 1 N–H and O–H groups in total. The number of nitrogens with one attached hydrogen (secondary N) is 1. The highest BCUT2D eigenvalue weighted by Crippen LogP contribution is 2.29. The maximum absolute atomic E-state index is 11.8. The minimum absolute atomic E-state index is 0.167. The summed E-state index contributed by atoms with van der Waals surface area (Å²) in [6, 6.07) is 0. The van der Waals surface area contributed by atoms with Gasteiger partial charge in [0.05, 0.1) is 7.11 Å². The number of ether oxygens (including phenoxy) is 1. The Bertz CT molecular complexity index is 338. The Morgan fingerprint density at radius 2 is 1.86 bits per heavy atom. The SMILES string of the molecule is CNC(C)(CCCN1CCN(CC2CC2)CC1)C(=O)OC. The minimum atomic E-state index is -0.553. The predicted octanol–water partition coefficient (Wildman–Crippen LogP) is 0.945. The number of piperazine rings is 1. The molecule has 1 aliphatic heterocycles. The van der Waals surface area contributed by atoms with E-state index in [1.165, 1.54) is 52.7 Å². The highest BCUT2D eigenvalue weighted by Gasteiger charge is 2.32. The molecule has 1 heterocycles. The van der Waals surface area contributed by atoms with Gasteiger partial charge in [0.25, 0.3) is 0 Å². The molecule has 0 aromatic heterocycles. The molecule has 21 heavy (non-hydrogen) atoms. The summed E-state index contributed by atoms with van der Waals surface area (Å²) in [6.07, 6.45) is 4.72. The van der Waals surface area contributed by atoms with Crippen LogP contribution in [0.4, 0.5) is 0 Å². The molecule has 2 aliphatic rings. The zero-order valence-corrected chi connectivity index (χ0v) is 13.9. The number of nitrogens with zero attached hydrogens (tertiary/aromatic N) is 2. The number of likely N-dealkylation sites (N-methyl/N-ethyl adjacent to an activating group) is 1. The molecule has 1 saturated heterocycles. The molecule has 0 spiro atoms. The highest BCUT2D eigenvalue weighted by molar-refractivity contribution is 5.80. The van der Waals surface area contributed by atoms with Gasteiger partial charge < -0.3 is 19.9 Å². The van der Waals surface area contributed by atoms with Crippen molar-refractivity contribution in [2.24, 2.45) is 5.92 Å². The highest BCUT2D eigenvalue weighted by atomic mass is 16.5. The molecule has 0 aromatic carbocycles. The smallest absolute Gasteiger partial charge is 0.325 e. The van der Waals surface area contributed by atoms with Gasteiger partial charge in [-0.15, -0.1) is 0 Å². The second kappa shape index (κ2) is 7.56. The fraction of sp³-hybridized carbons (Fsp3) is 0.938. The van der Waals surface area contributed by atoms with Crippen molar-refractivity contribution in [2.75, 3.05) is 53.4 Å². The van der Waals surface area contributed by atoms with Crippen LogP contribution in [0.5, 0.6) is 0 Å². The number of hydrogen-bond donors (Lipinski definition) is 1. The number of hydrogen-bond acceptors (Lipinski definition) is 5. The molecule has 0 aromatic rings. The van der Waals surface area contributed by atoms with E-state index in [4.69, 9.17) is 4.74 Å². The molecule has 1 aliphatic carbocycles. The molecule has 5 nitrogen and oxygen atoms in total. The zero-order valence-electron chi connectivity index (χ0n) is 13.9. The second-order valence-corrected chi connectivity index (χ2v) is 6.76. The molecule has 0 bridgehead atoms. The predicted molar refractivity (Wildman–Crippen MR) is 84.3 cm³/mol. The number of methoxy groups -OCH3 is 1. The summed E-state index contributed by atoms with van der Waals surface area (Å²) in [6.45, 7) is 9.06. The lowest BCUT2D eigenvalue weighted by atomic mass is 9.96. The van der Waals surface area contributed by atoms with Crippen molar-refractivity contribution < 1.29 is 9.53 Å². The molecule has 1 unspecified atom stereocenters. The quantitative estimate of drug-likeness (QED) is 0.676. The Morgan fingerprint density at radius 1 is 1.24 bits per heavy atom. The van der Waals surface area contributed by atoms with E-state index in [2.05, 4.69) is 15.1 Å². The van der Waals surface area contributed by atoms with E-state index in [1.54, 1.807) is 0 Å². The lowest BCUT2D eigenvalue weighted by Crippen LogP contribution is -2.50. The topological polar surface area (TPSA) is 44.8 Å². The third kappa shape index (κ3) is 4.94. The summed E-state index contributed by atoms with van der Waals surface area (Å²) in [5, 5.41) is 3.10. The average molecular weight is 297 g/mol. The Kier molecular flexibility index (Phi) is 6.02. The van der Waals surface area contributed by atoms with Gasteiger partial charge in [-0.25, -0.2) is 0 Å². The molecule has 1 atom stereocenters. The molecule has 1 saturated carbocycles. The van der Waals surface area contributed by atoms with Gasteiger partial charge in [0.15, 0.2) is 0 Å². The average Bonchev–Trinajstić information content (AvgIpc) is 3.32. The standard InChI is InChI=1S/C16H31N3O2/c1-16(17-2,15(20)21-3)7-4-8-18-9-11-19(12-10-18)13-14-5-6-14/h14,17H,4-13H2,1-3H3. The summed E-state index contributed by atoms with van der Waals surface area (Å²) < 4.78 is 4.88. The van der Waals surface area contributed by atoms with Crippen LogP contribution in [0.25, 0.3) is 0 Å². The minimum Gasteiger partial charge on any atom is -0.468 e. The molecule has 5 heteroatoms. The molecular formula is C16H31N3O2. The van der Waals surface area contributed by atoms with E-state index in [0.29, 0.717) is 0 Å². The number of carbonyl (C=O) groups is 1. The largest absolute Gasteiger partial charge is 0.468 e. The maximum Gasteiger partial charge on any atom is 0.325 e. The van der Waals surface area contributed by atoms with Crippen molar-refractivity contribution in [2.45, 2.75) is 38.1 Å². The summed E-state index contributed by atoms with van der Waals surface area (Å²) in [4.78, 5) is 16.9. The number of rotatable bonds is 8. The van der Waals surface area contributed by atoms with Gasteiger partial charge in [0.2, 0.25) is 0 Å². The van der Waals surface area contributed by atoms with Crippen molar-refractivity contribution >= 4 is 5.97 Å². The van der Waals surface area contributed by atoms with E-state index < -0.39 is 5.54 Å². The summed E-state index contributed by atoms with van der Waals surface area (Å²) >= 11 is 0. The van der Waals surface area contributed by atoms with E-state index >= 15 is 0 Å². The van der Waals surface area contributed by atoms with Crippen LogP contribution in [0.1, 0.15) is 32.6 Å². The summed E-state index contributed by atoms with van der Waals surface area (Å²) in [5.74, 6) is 0.826. The van der Waals surface area contributed by atoms with Gasteiger partial charge in [-0.2, -0.15) is 0 Å². The summed E-state index contributed by atoms with van der Waals surface area (Å²) in [7, 11) is 3.28.